The highest BCUT2D eigenvalue weighted by Gasteiger charge is 2.21. The molecule has 4 aromatic rings. The molecule has 0 atom stereocenters. The van der Waals surface area contributed by atoms with E-state index < -0.39 is 5.97 Å². The molecule has 0 fully saturated rings. The summed E-state index contributed by atoms with van der Waals surface area (Å²) in [5.41, 5.74) is 1.42. The summed E-state index contributed by atoms with van der Waals surface area (Å²) in [6, 6.07) is 13.2. The number of nitrogens with zero attached hydrogens (tertiary/aromatic N) is 3. The van der Waals surface area contributed by atoms with Crippen molar-refractivity contribution in [2.45, 2.75) is 13.1 Å². The van der Waals surface area contributed by atoms with E-state index in [1.54, 1.807) is 11.3 Å². The van der Waals surface area contributed by atoms with Gasteiger partial charge in [0.15, 0.2) is 0 Å². The Kier molecular flexibility index (Phi) is 6.24. The minimum Gasteiger partial charge on any atom is -0.468 e. The number of methoxy groups -OCH3 is 1. The molecule has 0 N–H and O–H groups in total. The Hall–Kier alpha value is -3.30. The normalized spacial score (nSPS) is 10.9. The molecule has 0 aliphatic rings. The summed E-state index contributed by atoms with van der Waals surface area (Å²) >= 11 is 2.94. The number of fused-ring (bicyclic) bond motifs is 1. The Bertz CT molecular complexity index is 1260. The number of hydrogen-bond donors (Lipinski definition) is 0. The van der Waals surface area contributed by atoms with Gasteiger partial charge in [-0.1, -0.05) is 36.4 Å². The summed E-state index contributed by atoms with van der Waals surface area (Å²) in [4.78, 5) is 45.4. The fraction of sp³-hybridized carbons (Fsp3) is 0.182. The van der Waals surface area contributed by atoms with Gasteiger partial charge in [-0.15, -0.1) is 22.7 Å². The zero-order valence-electron chi connectivity index (χ0n) is 16.7. The smallest absolute Gasteiger partial charge is 0.325 e. The lowest BCUT2D eigenvalue weighted by molar-refractivity contribution is -0.147. The Morgan fingerprint density at radius 1 is 1.13 bits per heavy atom. The fourth-order valence-corrected chi connectivity index (χ4v) is 4.92. The third-order valence-corrected chi connectivity index (χ3v) is 6.56. The highest BCUT2D eigenvalue weighted by Crippen LogP contribution is 2.33. The molecule has 0 saturated heterocycles. The minimum absolute atomic E-state index is 0.201. The number of amides is 1. The van der Waals surface area contributed by atoms with Crippen LogP contribution in [0.4, 0.5) is 0 Å². The SMILES string of the molecule is COC(=O)CN(Cc1ccccc1)C(=O)Cn1cnc2scc(-c3cccs3)c2c1=O. The highest BCUT2D eigenvalue weighted by atomic mass is 32.1. The van der Waals surface area contributed by atoms with E-state index in [0.717, 1.165) is 16.0 Å². The number of esters is 1. The second-order valence-corrected chi connectivity index (χ2v) is 8.60. The van der Waals surface area contributed by atoms with Crippen molar-refractivity contribution < 1.29 is 14.3 Å². The average Bonchev–Trinajstić information content (AvgIpc) is 3.45. The molecule has 3 aromatic heterocycles. The molecule has 0 bridgehead atoms. The third kappa shape index (κ3) is 4.57. The van der Waals surface area contributed by atoms with Crippen molar-refractivity contribution >= 4 is 44.8 Å². The topological polar surface area (TPSA) is 81.5 Å². The summed E-state index contributed by atoms with van der Waals surface area (Å²) in [7, 11) is 1.28. The molecule has 0 aliphatic carbocycles. The van der Waals surface area contributed by atoms with Crippen LogP contribution in [0, 0.1) is 0 Å². The van der Waals surface area contributed by atoms with E-state index in [2.05, 4.69) is 4.98 Å². The van der Waals surface area contributed by atoms with Crippen molar-refractivity contribution in [3.05, 3.63) is 75.5 Å². The second-order valence-electron chi connectivity index (χ2n) is 6.80. The zero-order chi connectivity index (χ0) is 21.8. The van der Waals surface area contributed by atoms with E-state index in [1.807, 2.05) is 53.2 Å². The first-order chi connectivity index (χ1) is 15.1. The molecule has 1 amide bonds. The van der Waals surface area contributed by atoms with Crippen molar-refractivity contribution in [2.24, 2.45) is 0 Å². The number of thiophene rings is 2. The molecule has 0 spiro atoms. The minimum atomic E-state index is -0.525. The molecular weight excluding hydrogens is 434 g/mol. The lowest BCUT2D eigenvalue weighted by atomic mass is 10.2. The number of ether oxygens (including phenoxy) is 1. The standard InChI is InChI=1S/C22H19N3O4S2/c1-29-19(27)12-24(10-15-6-3-2-4-7-15)18(26)11-25-14-23-21-20(22(25)28)16(13-31-21)17-8-5-9-30-17/h2-9,13-14H,10-12H2,1H3. The van der Waals surface area contributed by atoms with E-state index >= 15 is 0 Å². The van der Waals surface area contributed by atoms with Crippen LogP contribution in [0.25, 0.3) is 20.7 Å². The Labute approximate surface area is 186 Å². The fourth-order valence-electron chi connectivity index (χ4n) is 3.20. The van der Waals surface area contributed by atoms with Gasteiger partial charge >= 0.3 is 5.97 Å². The summed E-state index contributed by atoms with van der Waals surface area (Å²) in [6.45, 7) is -0.184. The molecule has 1 aromatic carbocycles. The van der Waals surface area contributed by atoms with Crippen LogP contribution < -0.4 is 5.56 Å². The summed E-state index contributed by atoms with van der Waals surface area (Å²) in [6.07, 6.45) is 1.39. The van der Waals surface area contributed by atoms with Crippen molar-refractivity contribution in [3.63, 3.8) is 0 Å². The zero-order valence-corrected chi connectivity index (χ0v) is 18.3. The van der Waals surface area contributed by atoms with Gasteiger partial charge in [-0.2, -0.15) is 0 Å². The first-order valence-electron chi connectivity index (χ1n) is 9.46. The number of aromatic nitrogens is 2. The van der Waals surface area contributed by atoms with Crippen LogP contribution in [0.2, 0.25) is 0 Å². The van der Waals surface area contributed by atoms with Crippen LogP contribution in [-0.2, 0) is 27.4 Å². The van der Waals surface area contributed by atoms with Gasteiger partial charge in [0.2, 0.25) is 5.91 Å². The lowest BCUT2D eigenvalue weighted by Crippen LogP contribution is -2.39. The van der Waals surface area contributed by atoms with Gasteiger partial charge in [0.25, 0.3) is 5.56 Å². The summed E-state index contributed by atoms with van der Waals surface area (Å²) in [5.74, 6) is -0.895. The van der Waals surface area contributed by atoms with Crippen molar-refractivity contribution in [2.75, 3.05) is 13.7 Å². The number of benzene rings is 1. The number of hydrogen-bond acceptors (Lipinski definition) is 7. The maximum absolute atomic E-state index is 13.2. The molecule has 0 saturated carbocycles. The van der Waals surface area contributed by atoms with Gasteiger partial charge in [-0.25, -0.2) is 4.98 Å². The number of carbonyl (C=O) groups excluding carboxylic acids is 2. The quantitative estimate of drug-likeness (QED) is 0.401. The number of rotatable bonds is 7. The molecule has 0 radical (unpaired) electrons. The monoisotopic (exact) mass is 453 g/mol. The molecule has 0 unspecified atom stereocenters. The predicted molar refractivity (Wildman–Crippen MR) is 121 cm³/mol. The predicted octanol–water partition coefficient (Wildman–Crippen LogP) is 3.39. The molecule has 7 nitrogen and oxygen atoms in total. The average molecular weight is 454 g/mol. The van der Waals surface area contributed by atoms with Gasteiger partial charge < -0.3 is 9.64 Å². The van der Waals surface area contributed by atoms with Crippen LogP contribution in [0.1, 0.15) is 5.56 Å². The van der Waals surface area contributed by atoms with E-state index in [0.29, 0.717) is 10.2 Å². The third-order valence-electron chi connectivity index (χ3n) is 4.77. The molecular formula is C22H19N3O4S2. The lowest BCUT2D eigenvalue weighted by Gasteiger charge is -2.22. The Balaban J connectivity index is 1.63. The van der Waals surface area contributed by atoms with Crippen LogP contribution in [0.3, 0.4) is 0 Å². The summed E-state index contributed by atoms with van der Waals surface area (Å²) < 4.78 is 6.03. The van der Waals surface area contributed by atoms with Crippen LogP contribution in [0.15, 0.2) is 64.3 Å². The van der Waals surface area contributed by atoms with E-state index in [4.69, 9.17) is 4.74 Å². The molecule has 4 rings (SSSR count). The van der Waals surface area contributed by atoms with Gasteiger partial charge in [0, 0.05) is 22.4 Å². The maximum Gasteiger partial charge on any atom is 0.325 e. The highest BCUT2D eigenvalue weighted by molar-refractivity contribution is 7.18. The van der Waals surface area contributed by atoms with Crippen LogP contribution in [0.5, 0.6) is 0 Å². The van der Waals surface area contributed by atoms with E-state index in [-0.39, 0.29) is 31.1 Å². The van der Waals surface area contributed by atoms with Gasteiger partial charge in [-0.05, 0) is 17.0 Å². The Morgan fingerprint density at radius 3 is 2.65 bits per heavy atom. The first-order valence-corrected chi connectivity index (χ1v) is 11.2. The van der Waals surface area contributed by atoms with E-state index in [9.17, 15) is 14.4 Å². The Morgan fingerprint density at radius 2 is 1.94 bits per heavy atom. The van der Waals surface area contributed by atoms with E-state index in [1.165, 1.54) is 34.2 Å². The number of carbonyl (C=O) groups is 2. The maximum atomic E-state index is 13.2. The molecule has 3 heterocycles. The molecule has 31 heavy (non-hydrogen) atoms. The first kappa shape index (κ1) is 21.0. The van der Waals surface area contributed by atoms with Gasteiger partial charge in [0.05, 0.1) is 18.8 Å². The van der Waals surface area contributed by atoms with Crippen LogP contribution >= 0.6 is 22.7 Å². The van der Waals surface area contributed by atoms with Crippen LogP contribution in [-0.4, -0.2) is 40.0 Å². The second kappa shape index (κ2) is 9.23. The van der Waals surface area contributed by atoms with Gasteiger partial charge in [-0.3, -0.25) is 19.0 Å². The summed E-state index contributed by atoms with van der Waals surface area (Å²) in [5, 5.41) is 4.37. The van der Waals surface area contributed by atoms with Crippen molar-refractivity contribution in [1.82, 2.24) is 14.5 Å². The van der Waals surface area contributed by atoms with Crippen molar-refractivity contribution in [3.8, 4) is 10.4 Å². The molecule has 0 aliphatic heterocycles. The van der Waals surface area contributed by atoms with Gasteiger partial charge in [0.1, 0.15) is 17.9 Å². The molecule has 158 valence electrons. The van der Waals surface area contributed by atoms with Crippen molar-refractivity contribution in [1.29, 1.82) is 0 Å². The largest absolute Gasteiger partial charge is 0.468 e. The molecule has 9 heteroatoms.